The first-order chi connectivity index (χ1) is 9.15. The van der Waals surface area contributed by atoms with Gasteiger partial charge in [0, 0.05) is 16.0 Å². The molecule has 1 atom stereocenters. The second-order valence-electron chi connectivity index (χ2n) is 5.13. The van der Waals surface area contributed by atoms with Crippen LogP contribution in [-0.4, -0.2) is 23.2 Å². The fourth-order valence-corrected chi connectivity index (χ4v) is 2.51. The van der Waals surface area contributed by atoms with Crippen molar-refractivity contribution in [3.8, 4) is 11.4 Å². The second kappa shape index (κ2) is 5.06. The average Bonchev–Trinajstić information content (AvgIpc) is 2.80. The Morgan fingerprint density at radius 1 is 1.42 bits per heavy atom. The normalized spacial score (nSPS) is 17.2. The molecule has 0 spiro atoms. The van der Waals surface area contributed by atoms with Crippen molar-refractivity contribution < 1.29 is 4.52 Å². The molecule has 1 aliphatic heterocycles. The predicted molar refractivity (Wildman–Crippen MR) is 76.9 cm³/mol. The zero-order valence-electron chi connectivity index (χ0n) is 11.0. The summed E-state index contributed by atoms with van der Waals surface area (Å²) in [6, 6.07) is 6.10. The fourth-order valence-electron chi connectivity index (χ4n) is 2.14. The van der Waals surface area contributed by atoms with Gasteiger partial charge in [-0.25, -0.2) is 0 Å². The van der Waals surface area contributed by atoms with E-state index in [4.69, 9.17) is 4.52 Å². The minimum Gasteiger partial charge on any atom is -0.339 e. The van der Waals surface area contributed by atoms with E-state index in [2.05, 4.69) is 51.3 Å². The molecule has 1 N–H and O–H groups in total. The van der Waals surface area contributed by atoms with Gasteiger partial charge in [0.05, 0.1) is 0 Å². The molecule has 100 valence electrons. The SMILES string of the molecule is Cc1ccc(-c2noc(C(C)C3CNC3)n2)cc1Br. The summed E-state index contributed by atoms with van der Waals surface area (Å²) in [5.41, 5.74) is 2.17. The molecule has 2 aromatic rings. The van der Waals surface area contributed by atoms with Crippen molar-refractivity contribution in [2.24, 2.45) is 5.92 Å². The lowest BCUT2D eigenvalue weighted by Crippen LogP contribution is -2.44. The van der Waals surface area contributed by atoms with Crippen LogP contribution < -0.4 is 5.32 Å². The van der Waals surface area contributed by atoms with Crippen LogP contribution in [0.4, 0.5) is 0 Å². The van der Waals surface area contributed by atoms with E-state index in [-0.39, 0.29) is 0 Å². The topological polar surface area (TPSA) is 51.0 Å². The molecular weight excluding hydrogens is 306 g/mol. The summed E-state index contributed by atoms with van der Waals surface area (Å²) in [4.78, 5) is 4.53. The minimum atomic E-state index is 0.316. The standard InChI is InChI=1S/C14H16BrN3O/c1-8-3-4-10(5-12(8)15)13-17-14(19-18-13)9(2)11-6-16-7-11/h3-5,9,11,16H,6-7H2,1-2H3. The van der Waals surface area contributed by atoms with Crippen LogP contribution in [0.25, 0.3) is 11.4 Å². The van der Waals surface area contributed by atoms with Crippen molar-refractivity contribution in [1.82, 2.24) is 15.5 Å². The van der Waals surface area contributed by atoms with Gasteiger partial charge in [-0.05, 0) is 37.6 Å². The van der Waals surface area contributed by atoms with Gasteiger partial charge in [-0.3, -0.25) is 0 Å². The summed E-state index contributed by atoms with van der Waals surface area (Å²) in [6.07, 6.45) is 0. The Labute approximate surface area is 120 Å². The van der Waals surface area contributed by atoms with E-state index in [9.17, 15) is 0 Å². The number of hydrogen-bond donors (Lipinski definition) is 1. The summed E-state index contributed by atoms with van der Waals surface area (Å²) in [5, 5.41) is 7.36. The monoisotopic (exact) mass is 321 g/mol. The molecule has 1 aliphatic rings. The molecule has 4 nitrogen and oxygen atoms in total. The molecule has 0 saturated carbocycles. The van der Waals surface area contributed by atoms with Crippen molar-refractivity contribution in [1.29, 1.82) is 0 Å². The summed E-state index contributed by atoms with van der Waals surface area (Å²) in [6.45, 7) is 6.28. The zero-order chi connectivity index (χ0) is 13.4. The molecule has 19 heavy (non-hydrogen) atoms. The highest BCUT2D eigenvalue weighted by Gasteiger charge is 2.28. The van der Waals surface area contributed by atoms with E-state index in [0.29, 0.717) is 17.7 Å². The molecule has 5 heteroatoms. The molecule has 0 radical (unpaired) electrons. The molecule has 0 amide bonds. The number of nitrogens with one attached hydrogen (secondary N) is 1. The number of nitrogens with zero attached hydrogens (tertiary/aromatic N) is 2. The third-order valence-corrected chi connectivity index (χ3v) is 4.64. The maximum Gasteiger partial charge on any atom is 0.230 e. The van der Waals surface area contributed by atoms with Gasteiger partial charge in [0.15, 0.2) is 0 Å². The summed E-state index contributed by atoms with van der Waals surface area (Å²) in [5.74, 6) is 2.32. The van der Waals surface area contributed by atoms with E-state index in [1.807, 2.05) is 12.1 Å². The van der Waals surface area contributed by atoms with E-state index in [1.54, 1.807) is 0 Å². The average molecular weight is 322 g/mol. The molecule has 3 rings (SSSR count). The number of aryl methyl sites for hydroxylation is 1. The highest BCUT2D eigenvalue weighted by molar-refractivity contribution is 9.10. The van der Waals surface area contributed by atoms with Gasteiger partial charge in [-0.2, -0.15) is 4.98 Å². The van der Waals surface area contributed by atoms with Gasteiger partial charge in [0.2, 0.25) is 11.7 Å². The lowest BCUT2D eigenvalue weighted by molar-refractivity contribution is 0.252. The number of halogens is 1. The first-order valence-corrected chi connectivity index (χ1v) is 7.25. The Balaban J connectivity index is 1.85. The Hall–Kier alpha value is -1.20. The third-order valence-electron chi connectivity index (χ3n) is 3.78. The zero-order valence-corrected chi connectivity index (χ0v) is 12.6. The summed E-state index contributed by atoms with van der Waals surface area (Å²) >= 11 is 3.53. The highest BCUT2D eigenvalue weighted by Crippen LogP contribution is 2.28. The molecule has 1 unspecified atom stereocenters. The molecule has 2 heterocycles. The Morgan fingerprint density at radius 3 is 2.84 bits per heavy atom. The van der Waals surface area contributed by atoms with Crippen molar-refractivity contribution in [2.45, 2.75) is 19.8 Å². The fraction of sp³-hybridized carbons (Fsp3) is 0.429. The van der Waals surface area contributed by atoms with Crippen LogP contribution in [0.2, 0.25) is 0 Å². The number of rotatable bonds is 3. The highest BCUT2D eigenvalue weighted by atomic mass is 79.9. The van der Waals surface area contributed by atoms with Crippen LogP contribution in [0.15, 0.2) is 27.2 Å². The third kappa shape index (κ3) is 2.44. The molecular formula is C14H16BrN3O. The van der Waals surface area contributed by atoms with Crippen molar-refractivity contribution >= 4 is 15.9 Å². The van der Waals surface area contributed by atoms with Crippen molar-refractivity contribution in [2.75, 3.05) is 13.1 Å². The van der Waals surface area contributed by atoms with Gasteiger partial charge >= 0.3 is 0 Å². The smallest absolute Gasteiger partial charge is 0.230 e. The van der Waals surface area contributed by atoms with Crippen LogP contribution in [0.1, 0.15) is 24.3 Å². The van der Waals surface area contributed by atoms with E-state index in [1.165, 1.54) is 5.56 Å². The number of aromatic nitrogens is 2. The predicted octanol–water partition coefficient (Wildman–Crippen LogP) is 3.13. The van der Waals surface area contributed by atoms with Crippen LogP contribution in [0.3, 0.4) is 0 Å². The number of hydrogen-bond acceptors (Lipinski definition) is 4. The van der Waals surface area contributed by atoms with Gasteiger partial charge in [-0.15, -0.1) is 0 Å². The molecule has 0 aliphatic carbocycles. The molecule has 1 saturated heterocycles. The Kier molecular flexibility index (Phi) is 3.41. The summed E-state index contributed by atoms with van der Waals surface area (Å²) < 4.78 is 6.47. The quantitative estimate of drug-likeness (QED) is 0.943. The molecule has 1 aromatic heterocycles. The van der Waals surface area contributed by atoms with E-state index in [0.717, 1.165) is 29.0 Å². The lowest BCUT2D eigenvalue weighted by atomic mass is 9.89. The molecule has 1 fully saturated rings. The minimum absolute atomic E-state index is 0.316. The van der Waals surface area contributed by atoms with Crippen LogP contribution in [-0.2, 0) is 0 Å². The largest absolute Gasteiger partial charge is 0.339 e. The van der Waals surface area contributed by atoms with Crippen molar-refractivity contribution in [3.63, 3.8) is 0 Å². The van der Waals surface area contributed by atoms with Gasteiger partial charge in [0.1, 0.15) is 0 Å². The van der Waals surface area contributed by atoms with Crippen LogP contribution in [0, 0.1) is 12.8 Å². The maximum absolute atomic E-state index is 5.40. The van der Waals surface area contributed by atoms with Gasteiger partial charge < -0.3 is 9.84 Å². The second-order valence-corrected chi connectivity index (χ2v) is 5.98. The van der Waals surface area contributed by atoms with E-state index >= 15 is 0 Å². The Bertz CT molecular complexity index is 592. The van der Waals surface area contributed by atoms with Gasteiger partial charge in [-0.1, -0.05) is 40.1 Å². The van der Waals surface area contributed by atoms with Crippen molar-refractivity contribution in [3.05, 3.63) is 34.1 Å². The molecule has 0 bridgehead atoms. The van der Waals surface area contributed by atoms with E-state index < -0.39 is 0 Å². The molecule has 1 aromatic carbocycles. The first kappa shape index (κ1) is 12.8. The van der Waals surface area contributed by atoms with Crippen LogP contribution >= 0.6 is 15.9 Å². The number of benzene rings is 1. The maximum atomic E-state index is 5.40. The van der Waals surface area contributed by atoms with Gasteiger partial charge in [0.25, 0.3) is 0 Å². The Morgan fingerprint density at radius 2 is 2.21 bits per heavy atom. The first-order valence-electron chi connectivity index (χ1n) is 6.46. The summed E-state index contributed by atoms with van der Waals surface area (Å²) in [7, 11) is 0. The van der Waals surface area contributed by atoms with Crippen LogP contribution in [0.5, 0.6) is 0 Å². The lowest BCUT2D eigenvalue weighted by Gasteiger charge is -2.30.